The van der Waals surface area contributed by atoms with Crippen LogP contribution in [0.1, 0.15) is 47.5 Å². The first-order chi connectivity index (χ1) is 5.12. The average Bonchev–Trinajstić information content (AvgIpc) is 1.48. The number of aliphatic hydroxyl groups excluding tert-OH is 1. The minimum atomic E-state index is -0.640. The van der Waals surface area contributed by atoms with Crippen LogP contribution in [-0.4, -0.2) is 21.9 Å². The van der Waals surface area contributed by atoms with E-state index >= 15 is 0 Å². The fourth-order valence-corrected chi connectivity index (χ4v) is 2.04. The van der Waals surface area contributed by atoms with Gasteiger partial charge in [-0.15, -0.1) is 0 Å². The SMILES string of the molecule is CC(O)CC(C)(C)CC(C)(C)O. The Morgan fingerprint density at radius 3 is 1.83 bits per heavy atom. The Hall–Kier alpha value is -0.0800. The van der Waals surface area contributed by atoms with Gasteiger partial charge in [0.2, 0.25) is 0 Å². The molecule has 0 aliphatic rings. The molecular formula is C10H22O2. The summed E-state index contributed by atoms with van der Waals surface area (Å²) in [6.45, 7) is 9.52. The quantitative estimate of drug-likeness (QED) is 0.684. The van der Waals surface area contributed by atoms with Crippen LogP contribution >= 0.6 is 0 Å². The van der Waals surface area contributed by atoms with Gasteiger partial charge in [-0.25, -0.2) is 0 Å². The molecule has 0 rings (SSSR count). The zero-order chi connectivity index (χ0) is 9.99. The molecule has 0 aliphatic heterocycles. The summed E-state index contributed by atoms with van der Waals surface area (Å²) in [6, 6.07) is 0. The monoisotopic (exact) mass is 174 g/mol. The van der Waals surface area contributed by atoms with Crippen molar-refractivity contribution in [2.75, 3.05) is 0 Å². The minimum Gasteiger partial charge on any atom is -0.393 e. The Bertz CT molecular complexity index is 131. The molecule has 0 aliphatic carbocycles. The summed E-state index contributed by atoms with van der Waals surface area (Å²) in [7, 11) is 0. The molecule has 0 amide bonds. The van der Waals surface area contributed by atoms with Gasteiger partial charge in [0.15, 0.2) is 0 Å². The lowest BCUT2D eigenvalue weighted by Crippen LogP contribution is -2.30. The van der Waals surface area contributed by atoms with E-state index in [1.807, 2.05) is 0 Å². The molecule has 0 heterocycles. The molecule has 2 heteroatoms. The first kappa shape index (κ1) is 11.9. The van der Waals surface area contributed by atoms with Gasteiger partial charge < -0.3 is 10.2 Å². The molecule has 0 bridgehead atoms. The molecule has 0 aromatic carbocycles. The standard InChI is InChI=1S/C10H22O2/c1-8(11)6-9(2,3)7-10(4,5)12/h8,11-12H,6-7H2,1-5H3. The Labute approximate surface area is 75.6 Å². The zero-order valence-electron chi connectivity index (χ0n) is 8.89. The number of aliphatic hydroxyl groups is 2. The third-order valence-corrected chi connectivity index (χ3v) is 1.76. The van der Waals surface area contributed by atoms with Crippen LogP contribution in [-0.2, 0) is 0 Å². The highest BCUT2D eigenvalue weighted by Gasteiger charge is 2.27. The van der Waals surface area contributed by atoms with Crippen LogP contribution in [0.25, 0.3) is 0 Å². The molecule has 0 aromatic rings. The predicted octanol–water partition coefficient (Wildman–Crippen LogP) is 1.94. The molecule has 0 aromatic heterocycles. The van der Waals surface area contributed by atoms with Crippen molar-refractivity contribution < 1.29 is 10.2 Å². The Balaban J connectivity index is 4.04. The van der Waals surface area contributed by atoms with Crippen molar-refractivity contribution in [3.8, 4) is 0 Å². The van der Waals surface area contributed by atoms with Crippen molar-refractivity contribution in [3.05, 3.63) is 0 Å². The molecular weight excluding hydrogens is 152 g/mol. The summed E-state index contributed by atoms with van der Waals surface area (Å²) in [5.41, 5.74) is -0.634. The predicted molar refractivity (Wildman–Crippen MR) is 51.0 cm³/mol. The van der Waals surface area contributed by atoms with Crippen molar-refractivity contribution in [1.29, 1.82) is 0 Å². The van der Waals surface area contributed by atoms with Gasteiger partial charge in [-0.1, -0.05) is 13.8 Å². The zero-order valence-corrected chi connectivity index (χ0v) is 8.89. The van der Waals surface area contributed by atoms with Crippen molar-refractivity contribution in [2.24, 2.45) is 5.41 Å². The lowest BCUT2D eigenvalue weighted by Gasteiger charge is -2.32. The lowest BCUT2D eigenvalue weighted by atomic mass is 9.78. The second-order valence-corrected chi connectivity index (χ2v) is 5.21. The van der Waals surface area contributed by atoms with Crippen LogP contribution in [0.4, 0.5) is 0 Å². The Morgan fingerprint density at radius 1 is 1.17 bits per heavy atom. The maximum absolute atomic E-state index is 9.58. The minimum absolute atomic E-state index is 0.00637. The van der Waals surface area contributed by atoms with Crippen LogP contribution in [0, 0.1) is 5.41 Å². The highest BCUT2D eigenvalue weighted by atomic mass is 16.3. The third kappa shape index (κ3) is 6.62. The Morgan fingerprint density at radius 2 is 1.58 bits per heavy atom. The molecule has 12 heavy (non-hydrogen) atoms. The van der Waals surface area contributed by atoms with E-state index in [0.717, 1.165) is 6.42 Å². The normalized spacial score (nSPS) is 16.2. The first-order valence-electron chi connectivity index (χ1n) is 4.53. The van der Waals surface area contributed by atoms with Gasteiger partial charge in [-0.2, -0.15) is 0 Å². The smallest absolute Gasteiger partial charge is 0.0596 e. The molecule has 0 fully saturated rings. The maximum Gasteiger partial charge on any atom is 0.0596 e. The molecule has 1 unspecified atom stereocenters. The van der Waals surface area contributed by atoms with Crippen LogP contribution in [0.5, 0.6) is 0 Å². The number of hydrogen-bond donors (Lipinski definition) is 2. The van der Waals surface area contributed by atoms with Crippen molar-refractivity contribution in [3.63, 3.8) is 0 Å². The summed E-state index contributed by atoms with van der Waals surface area (Å²) >= 11 is 0. The topological polar surface area (TPSA) is 40.5 Å². The fourth-order valence-electron chi connectivity index (χ4n) is 2.04. The fraction of sp³-hybridized carbons (Fsp3) is 1.00. The summed E-state index contributed by atoms with van der Waals surface area (Å²) < 4.78 is 0. The molecule has 0 spiro atoms. The third-order valence-electron chi connectivity index (χ3n) is 1.76. The highest BCUT2D eigenvalue weighted by Crippen LogP contribution is 2.32. The van der Waals surface area contributed by atoms with Gasteiger partial charge in [0.25, 0.3) is 0 Å². The molecule has 2 nitrogen and oxygen atoms in total. The van der Waals surface area contributed by atoms with Crippen LogP contribution in [0.2, 0.25) is 0 Å². The summed E-state index contributed by atoms with van der Waals surface area (Å²) in [5, 5.41) is 18.8. The molecule has 2 N–H and O–H groups in total. The summed E-state index contributed by atoms with van der Waals surface area (Å²) in [6.07, 6.45) is 1.16. The summed E-state index contributed by atoms with van der Waals surface area (Å²) in [4.78, 5) is 0. The van der Waals surface area contributed by atoms with E-state index in [-0.39, 0.29) is 11.5 Å². The van der Waals surface area contributed by atoms with E-state index in [1.165, 1.54) is 0 Å². The van der Waals surface area contributed by atoms with E-state index in [0.29, 0.717) is 6.42 Å². The van der Waals surface area contributed by atoms with E-state index < -0.39 is 5.60 Å². The maximum atomic E-state index is 9.58. The van der Waals surface area contributed by atoms with Gasteiger partial charge in [-0.3, -0.25) is 0 Å². The van der Waals surface area contributed by atoms with Gasteiger partial charge in [0, 0.05) is 0 Å². The van der Waals surface area contributed by atoms with E-state index in [2.05, 4.69) is 13.8 Å². The molecule has 0 saturated heterocycles. The largest absolute Gasteiger partial charge is 0.393 e. The second-order valence-electron chi connectivity index (χ2n) is 5.21. The molecule has 74 valence electrons. The molecule has 0 radical (unpaired) electrons. The van der Waals surface area contributed by atoms with Gasteiger partial charge in [0.1, 0.15) is 0 Å². The van der Waals surface area contributed by atoms with E-state index in [1.54, 1.807) is 20.8 Å². The van der Waals surface area contributed by atoms with E-state index in [9.17, 15) is 10.2 Å². The van der Waals surface area contributed by atoms with Crippen molar-refractivity contribution >= 4 is 0 Å². The highest BCUT2D eigenvalue weighted by molar-refractivity contribution is 4.79. The van der Waals surface area contributed by atoms with Gasteiger partial charge in [-0.05, 0) is 39.0 Å². The molecule has 0 saturated carbocycles. The van der Waals surface area contributed by atoms with Crippen LogP contribution in [0.3, 0.4) is 0 Å². The first-order valence-corrected chi connectivity index (χ1v) is 4.53. The van der Waals surface area contributed by atoms with Crippen molar-refractivity contribution in [1.82, 2.24) is 0 Å². The van der Waals surface area contributed by atoms with E-state index in [4.69, 9.17) is 0 Å². The van der Waals surface area contributed by atoms with Gasteiger partial charge >= 0.3 is 0 Å². The second kappa shape index (κ2) is 3.75. The number of hydrogen-bond acceptors (Lipinski definition) is 2. The van der Waals surface area contributed by atoms with Crippen LogP contribution in [0.15, 0.2) is 0 Å². The van der Waals surface area contributed by atoms with Gasteiger partial charge in [0.05, 0.1) is 11.7 Å². The summed E-state index contributed by atoms with van der Waals surface area (Å²) in [5.74, 6) is 0. The number of rotatable bonds is 4. The lowest BCUT2D eigenvalue weighted by molar-refractivity contribution is 0.0151. The average molecular weight is 174 g/mol. The van der Waals surface area contributed by atoms with Crippen molar-refractivity contribution in [2.45, 2.75) is 59.2 Å². The van der Waals surface area contributed by atoms with Crippen LogP contribution < -0.4 is 0 Å². The molecule has 1 atom stereocenters. The Kier molecular flexibility index (Phi) is 3.73.